The molecule has 3 rings (SSSR count). The molecule has 0 saturated heterocycles. The summed E-state index contributed by atoms with van der Waals surface area (Å²) in [6, 6.07) is 21.0. The van der Waals surface area contributed by atoms with Crippen molar-refractivity contribution in [1.29, 1.82) is 0 Å². The van der Waals surface area contributed by atoms with E-state index in [1.54, 1.807) is 55.5 Å². The summed E-state index contributed by atoms with van der Waals surface area (Å²) in [7, 11) is -4.09. The molecule has 0 heterocycles. The Hall–Kier alpha value is -3.72. The lowest BCUT2D eigenvalue weighted by Crippen LogP contribution is -2.51. The monoisotopic (exact) mass is 525 g/mol. The van der Waals surface area contributed by atoms with E-state index in [1.165, 1.54) is 41.3 Å². The molecule has 3 aromatic carbocycles. The minimum absolute atomic E-state index is 0.00942. The molecule has 37 heavy (non-hydrogen) atoms. The molecule has 9 heteroatoms. The normalized spacial score (nSPS) is 12.0. The number of amides is 2. The van der Waals surface area contributed by atoms with Crippen molar-refractivity contribution >= 4 is 27.5 Å². The number of nitrogens with zero attached hydrogens (tertiary/aromatic N) is 2. The molecule has 0 aromatic heterocycles. The van der Waals surface area contributed by atoms with E-state index in [0.717, 1.165) is 17.1 Å². The summed E-state index contributed by atoms with van der Waals surface area (Å²) < 4.78 is 41.7. The maximum Gasteiger partial charge on any atom is 0.264 e. The summed E-state index contributed by atoms with van der Waals surface area (Å²) in [5.74, 6) is -1.33. The smallest absolute Gasteiger partial charge is 0.264 e. The van der Waals surface area contributed by atoms with Crippen molar-refractivity contribution in [3.8, 4) is 0 Å². The van der Waals surface area contributed by atoms with E-state index >= 15 is 0 Å². The number of carbonyl (C=O) groups is 2. The fourth-order valence-corrected chi connectivity index (χ4v) is 5.18. The van der Waals surface area contributed by atoms with Gasteiger partial charge in [0.25, 0.3) is 10.0 Å². The van der Waals surface area contributed by atoms with Crippen molar-refractivity contribution in [3.05, 3.63) is 96.3 Å². The van der Waals surface area contributed by atoms with Crippen LogP contribution in [0.2, 0.25) is 0 Å². The van der Waals surface area contributed by atoms with Gasteiger partial charge in [0.15, 0.2) is 0 Å². The summed E-state index contributed by atoms with van der Waals surface area (Å²) in [5.41, 5.74) is 0.932. The van der Waals surface area contributed by atoms with Crippen LogP contribution in [0, 0.1) is 5.82 Å². The zero-order valence-electron chi connectivity index (χ0n) is 21.0. The molecule has 1 N–H and O–H groups in total. The van der Waals surface area contributed by atoms with Crippen LogP contribution >= 0.6 is 0 Å². The molecule has 3 aromatic rings. The van der Waals surface area contributed by atoms with E-state index in [9.17, 15) is 22.4 Å². The predicted octanol–water partition coefficient (Wildman–Crippen LogP) is 4.35. The van der Waals surface area contributed by atoms with Crippen LogP contribution in [0.4, 0.5) is 10.1 Å². The topological polar surface area (TPSA) is 86.8 Å². The molecule has 196 valence electrons. The predicted molar refractivity (Wildman–Crippen MR) is 142 cm³/mol. The third-order valence-corrected chi connectivity index (χ3v) is 7.71. The van der Waals surface area contributed by atoms with Crippen molar-refractivity contribution in [1.82, 2.24) is 10.2 Å². The SMILES string of the molecule is CCCCNC(=O)[C@@H](C)N(Cc1ccc(F)cc1)C(=O)CN(c1ccccc1)S(=O)(=O)c1ccccc1. The molecule has 0 aliphatic carbocycles. The highest BCUT2D eigenvalue weighted by Crippen LogP contribution is 2.24. The Kier molecular flexibility index (Phi) is 9.79. The van der Waals surface area contributed by atoms with Gasteiger partial charge >= 0.3 is 0 Å². The Morgan fingerprint density at radius 1 is 0.919 bits per heavy atom. The van der Waals surface area contributed by atoms with Crippen LogP contribution in [0.15, 0.2) is 89.8 Å². The summed E-state index contributed by atoms with van der Waals surface area (Å²) >= 11 is 0. The van der Waals surface area contributed by atoms with Crippen LogP contribution in [0.5, 0.6) is 0 Å². The highest BCUT2D eigenvalue weighted by molar-refractivity contribution is 7.92. The van der Waals surface area contributed by atoms with Crippen LogP contribution < -0.4 is 9.62 Å². The van der Waals surface area contributed by atoms with Crippen LogP contribution in [-0.4, -0.2) is 44.3 Å². The van der Waals surface area contributed by atoms with E-state index in [0.29, 0.717) is 17.8 Å². The second-order valence-electron chi connectivity index (χ2n) is 8.63. The van der Waals surface area contributed by atoms with E-state index in [1.807, 2.05) is 6.92 Å². The second-order valence-corrected chi connectivity index (χ2v) is 10.5. The summed E-state index contributed by atoms with van der Waals surface area (Å²) in [5, 5.41) is 2.83. The number of anilines is 1. The Bertz CT molecular complexity index is 1270. The van der Waals surface area contributed by atoms with Gasteiger partial charge in [0.05, 0.1) is 10.6 Å². The number of sulfonamides is 1. The number of carbonyl (C=O) groups excluding carboxylic acids is 2. The lowest BCUT2D eigenvalue weighted by molar-refractivity contribution is -0.139. The van der Waals surface area contributed by atoms with E-state index < -0.39 is 34.3 Å². The summed E-state index contributed by atoms with van der Waals surface area (Å²) in [6.45, 7) is 3.56. The molecule has 0 fully saturated rings. The highest BCUT2D eigenvalue weighted by Gasteiger charge is 2.32. The van der Waals surface area contributed by atoms with Gasteiger partial charge in [0, 0.05) is 13.1 Å². The number of hydrogen-bond acceptors (Lipinski definition) is 4. The molecule has 0 aliphatic rings. The lowest BCUT2D eigenvalue weighted by atomic mass is 10.1. The summed E-state index contributed by atoms with van der Waals surface area (Å²) in [6.07, 6.45) is 1.69. The number of nitrogens with one attached hydrogen (secondary N) is 1. The van der Waals surface area contributed by atoms with Crippen LogP contribution in [0.3, 0.4) is 0 Å². The van der Waals surface area contributed by atoms with Gasteiger partial charge in [-0.25, -0.2) is 12.8 Å². The molecule has 0 saturated carbocycles. The van der Waals surface area contributed by atoms with Crippen molar-refractivity contribution in [2.45, 2.75) is 44.2 Å². The second kappa shape index (κ2) is 13.0. The quantitative estimate of drug-likeness (QED) is 0.356. The Morgan fingerprint density at radius 2 is 1.51 bits per heavy atom. The van der Waals surface area contributed by atoms with Gasteiger partial charge in [-0.3, -0.25) is 13.9 Å². The van der Waals surface area contributed by atoms with Crippen molar-refractivity contribution in [3.63, 3.8) is 0 Å². The molecule has 2 amide bonds. The average molecular weight is 526 g/mol. The minimum Gasteiger partial charge on any atom is -0.354 e. The lowest BCUT2D eigenvalue weighted by Gasteiger charge is -2.32. The van der Waals surface area contributed by atoms with E-state index in [-0.39, 0.29) is 17.3 Å². The zero-order valence-corrected chi connectivity index (χ0v) is 21.8. The first kappa shape index (κ1) is 27.9. The van der Waals surface area contributed by atoms with Gasteiger partial charge in [-0.05, 0) is 55.3 Å². The molecule has 0 aliphatic heterocycles. The van der Waals surface area contributed by atoms with E-state index in [4.69, 9.17) is 0 Å². The fraction of sp³-hybridized carbons (Fsp3) is 0.286. The van der Waals surface area contributed by atoms with Crippen molar-refractivity contribution in [2.24, 2.45) is 0 Å². The highest BCUT2D eigenvalue weighted by atomic mass is 32.2. The fourth-order valence-electron chi connectivity index (χ4n) is 3.75. The van der Waals surface area contributed by atoms with Gasteiger partial charge in [-0.2, -0.15) is 0 Å². The average Bonchev–Trinajstić information content (AvgIpc) is 2.91. The standard InChI is InChI=1S/C28H32FN3O4S/c1-3-4-19-30-28(34)22(2)31(20-23-15-17-24(29)18-16-23)27(33)21-32(25-11-7-5-8-12-25)37(35,36)26-13-9-6-10-14-26/h5-18,22H,3-4,19-21H2,1-2H3,(H,30,34)/t22-/m1/s1. The van der Waals surface area contributed by atoms with Crippen LogP contribution in [0.1, 0.15) is 32.3 Å². The molecule has 7 nitrogen and oxygen atoms in total. The third kappa shape index (κ3) is 7.39. The Balaban J connectivity index is 1.95. The number of benzene rings is 3. The van der Waals surface area contributed by atoms with Crippen molar-refractivity contribution < 1.29 is 22.4 Å². The van der Waals surface area contributed by atoms with Gasteiger partial charge in [0.2, 0.25) is 11.8 Å². The molecule has 0 spiro atoms. The Labute approximate surface area is 218 Å². The first-order valence-corrected chi connectivity index (χ1v) is 13.6. The molecular weight excluding hydrogens is 493 g/mol. The van der Waals surface area contributed by atoms with Gasteiger partial charge < -0.3 is 10.2 Å². The molecule has 0 unspecified atom stereocenters. The van der Waals surface area contributed by atoms with E-state index in [2.05, 4.69) is 5.32 Å². The van der Waals surface area contributed by atoms with Crippen LogP contribution in [0.25, 0.3) is 0 Å². The molecule has 1 atom stereocenters. The Morgan fingerprint density at radius 3 is 2.11 bits per heavy atom. The zero-order chi connectivity index (χ0) is 26.8. The first-order chi connectivity index (χ1) is 17.7. The molecule has 0 radical (unpaired) electrons. The third-order valence-electron chi connectivity index (χ3n) is 5.92. The molecular formula is C28H32FN3O4S. The number of unbranched alkanes of at least 4 members (excludes halogenated alkanes) is 1. The number of halogens is 1. The number of rotatable bonds is 12. The number of hydrogen-bond donors (Lipinski definition) is 1. The largest absolute Gasteiger partial charge is 0.354 e. The first-order valence-electron chi connectivity index (χ1n) is 12.2. The number of para-hydroxylation sites is 1. The molecule has 0 bridgehead atoms. The van der Waals surface area contributed by atoms with Gasteiger partial charge in [0.1, 0.15) is 18.4 Å². The summed E-state index contributed by atoms with van der Waals surface area (Å²) in [4.78, 5) is 28.0. The van der Waals surface area contributed by atoms with Crippen molar-refractivity contribution in [2.75, 3.05) is 17.4 Å². The van der Waals surface area contributed by atoms with Crippen LogP contribution in [-0.2, 0) is 26.2 Å². The maximum absolute atomic E-state index is 13.7. The van der Waals surface area contributed by atoms with Gasteiger partial charge in [-0.1, -0.05) is 61.9 Å². The maximum atomic E-state index is 13.7. The minimum atomic E-state index is -4.09. The van der Waals surface area contributed by atoms with Gasteiger partial charge in [-0.15, -0.1) is 0 Å².